The van der Waals surface area contributed by atoms with Crippen molar-refractivity contribution in [3.8, 4) is 11.4 Å². The van der Waals surface area contributed by atoms with Gasteiger partial charge in [-0.2, -0.15) is 0 Å². The first kappa shape index (κ1) is 17.7. The Kier molecular flexibility index (Phi) is 4.73. The molecule has 2 heterocycles. The number of allylic oxidation sites excluding steroid dienone is 2. The zero-order valence-electron chi connectivity index (χ0n) is 14.7. The van der Waals surface area contributed by atoms with Crippen molar-refractivity contribution in [3.05, 3.63) is 46.8 Å². The lowest BCUT2D eigenvalue weighted by molar-refractivity contribution is -0.118. The van der Waals surface area contributed by atoms with E-state index in [1.165, 1.54) is 5.57 Å². The van der Waals surface area contributed by atoms with Crippen LogP contribution >= 0.6 is 15.9 Å². The molecule has 1 saturated carbocycles. The summed E-state index contributed by atoms with van der Waals surface area (Å²) in [6, 6.07) is 5.40. The minimum atomic E-state index is -0.0277. The number of nitrogens with one attached hydrogen (secondary N) is 1. The van der Waals surface area contributed by atoms with E-state index in [4.69, 9.17) is 0 Å². The van der Waals surface area contributed by atoms with Gasteiger partial charge in [-0.25, -0.2) is 15.0 Å². The van der Waals surface area contributed by atoms with E-state index in [2.05, 4.69) is 70.0 Å². The summed E-state index contributed by atoms with van der Waals surface area (Å²) < 4.78 is 0.604. The van der Waals surface area contributed by atoms with Crippen molar-refractivity contribution in [1.82, 2.24) is 15.0 Å². The van der Waals surface area contributed by atoms with Gasteiger partial charge in [-0.15, -0.1) is 0 Å². The molecule has 25 heavy (non-hydrogen) atoms. The van der Waals surface area contributed by atoms with Gasteiger partial charge in [-0.05, 0) is 59.3 Å². The van der Waals surface area contributed by atoms with Crippen LogP contribution in [0.25, 0.3) is 11.4 Å². The normalized spacial score (nSPS) is 20.7. The van der Waals surface area contributed by atoms with Gasteiger partial charge in [0.1, 0.15) is 10.4 Å². The van der Waals surface area contributed by atoms with Crippen molar-refractivity contribution in [2.45, 2.75) is 27.7 Å². The molecule has 0 saturated heterocycles. The Morgan fingerprint density at radius 2 is 1.92 bits per heavy atom. The maximum atomic E-state index is 12.6. The summed E-state index contributed by atoms with van der Waals surface area (Å²) in [5.74, 6) is 1.37. The van der Waals surface area contributed by atoms with E-state index in [1.807, 2.05) is 6.07 Å². The Hall–Kier alpha value is -2.08. The van der Waals surface area contributed by atoms with Gasteiger partial charge in [0.25, 0.3) is 0 Å². The Labute approximate surface area is 156 Å². The lowest BCUT2D eigenvalue weighted by Crippen LogP contribution is -2.17. The second kappa shape index (κ2) is 6.67. The van der Waals surface area contributed by atoms with Gasteiger partial charge in [0.15, 0.2) is 5.82 Å². The fourth-order valence-corrected chi connectivity index (χ4v) is 3.66. The zero-order chi connectivity index (χ0) is 18.2. The van der Waals surface area contributed by atoms with Crippen molar-refractivity contribution >= 4 is 27.7 Å². The predicted octanol–water partition coefficient (Wildman–Crippen LogP) is 4.48. The molecule has 5 nitrogen and oxygen atoms in total. The van der Waals surface area contributed by atoms with Crippen molar-refractivity contribution in [3.63, 3.8) is 0 Å². The largest absolute Gasteiger partial charge is 0.310 e. The number of rotatable bonds is 4. The fourth-order valence-electron chi connectivity index (χ4n) is 3.16. The van der Waals surface area contributed by atoms with Crippen LogP contribution in [0.15, 0.2) is 46.8 Å². The number of amides is 1. The third-order valence-electron chi connectivity index (χ3n) is 4.61. The molecule has 6 heteroatoms. The molecule has 1 N–H and O–H groups in total. The average Bonchev–Trinajstić information content (AvgIpc) is 3.08. The van der Waals surface area contributed by atoms with Gasteiger partial charge < -0.3 is 5.32 Å². The van der Waals surface area contributed by atoms with Crippen molar-refractivity contribution < 1.29 is 4.79 Å². The van der Waals surface area contributed by atoms with E-state index < -0.39 is 0 Å². The van der Waals surface area contributed by atoms with Crippen LogP contribution in [0, 0.1) is 17.3 Å². The second-order valence-corrected chi connectivity index (χ2v) is 7.92. The molecule has 0 bridgehead atoms. The Morgan fingerprint density at radius 1 is 1.24 bits per heavy atom. The highest BCUT2D eigenvalue weighted by Crippen LogP contribution is 2.59. The van der Waals surface area contributed by atoms with E-state index in [-0.39, 0.29) is 23.2 Å². The van der Waals surface area contributed by atoms with E-state index in [0.717, 1.165) is 5.56 Å². The van der Waals surface area contributed by atoms with Crippen LogP contribution in [0.1, 0.15) is 27.7 Å². The van der Waals surface area contributed by atoms with Gasteiger partial charge >= 0.3 is 0 Å². The molecule has 0 radical (unpaired) electrons. The SMILES string of the molecule is CC(C)=C[C@H]1[C@H](C(=O)Nc2ccc(-c3ncccn3)c(Br)n2)C1(C)C. The highest BCUT2D eigenvalue weighted by atomic mass is 79.9. The lowest BCUT2D eigenvalue weighted by Gasteiger charge is -2.08. The third-order valence-corrected chi connectivity index (χ3v) is 5.22. The molecule has 2 aromatic heterocycles. The first-order valence-electron chi connectivity index (χ1n) is 8.20. The highest BCUT2D eigenvalue weighted by molar-refractivity contribution is 9.10. The number of hydrogen-bond donors (Lipinski definition) is 1. The summed E-state index contributed by atoms with van der Waals surface area (Å²) >= 11 is 3.44. The minimum Gasteiger partial charge on any atom is -0.310 e. The number of carbonyl (C=O) groups is 1. The number of nitrogens with zero attached hydrogens (tertiary/aromatic N) is 3. The van der Waals surface area contributed by atoms with Gasteiger partial charge in [0.05, 0.1) is 11.5 Å². The molecule has 1 fully saturated rings. The molecule has 2 aromatic rings. The second-order valence-electron chi connectivity index (χ2n) is 7.17. The van der Waals surface area contributed by atoms with Crippen molar-refractivity contribution in [1.29, 1.82) is 0 Å². The number of pyridine rings is 1. The van der Waals surface area contributed by atoms with Gasteiger partial charge in [0, 0.05) is 12.4 Å². The molecule has 1 aliphatic carbocycles. The molecule has 0 spiro atoms. The van der Waals surface area contributed by atoms with Gasteiger partial charge in [-0.1, -0.05) is 25.5 Å². The predicted molar refractivity (Wildman–Crippen MR) is 102 cm³/mol. The van der Waals surface area contributed by atoms with Crippen LogP contribution in [-0.4, -0.2) is 20.9 Å². The first-order chi connectivity index (χ1) is 11.8. The molecule has 0 aliphatic heterocycles. The Bertz CT molecular complexity index is 829. The molecule has 1 amide bonds. The van der Waals surface area contributed by atoms with Crippen molar-refractivity contribution in [2.24, 2.45) is 17.3 Å². The van der Waals surface area contributed by atoms with Crippen LogP contribution < -0.4 is 5.32 Å². The number of aromatic nitrogens is 3. The van der Waals surface area contributed by atoms with Crippen LogP contribution in [0.4, 0.5) is 5.82 Å². The fraction of sp³-hybridized carbons (Fsp3) is 0.368. The smallest absolute Gasteiger partial charge is 0.229 e. The average molecular weight is 401 g/mol. The van der Waals surface area contributed by atoms with Crippen LogP contribution in [0.3, 0.4) is 0 Å². The lowest BCUT2D eigenvalue weighted by atomic mass is 10.1. The molecule has 0 unspecified atom stereocenters. The van der Waals surface area contributed by atoms with Crippen LogP contribution in [0.2, 0.25) is 0 Å². The molecule has 130 valence electrons. The summed E-state index contributed by atoms with van der Waals surface area (Å²) in [6.45, 7) is 8.37. The van der Waals surface area contributed by atoms with E-state index in [9.17, 15) is 4.79 Å². The molecular formula is C19H21BrN4O. The summed E-state index contributed by atoms with van der Waals surface area (Å²) in [4.78, 5) is 25.5. The third kappa shape index (κ3) is 3.63. The van der Waals surface area contributed by atoms with Crippen molar-refractivity contribution in [2.75, 3.05) is 5.32 Å². The number of hydrogen-bond acceptors (Lipinski definition) is 4. The molecular weight excluding hydrogens is 380 g/mol. The molecule has 1 aliphatic rings. The first-order valence-corrected chi connectivity index (χ1v) is 9.00. The van der Waals surface area contributed by atoms with E-state index in [0.29, 0.717) is 16.2 Å². The Morgan fingerprint density at radius 3 is 2.52 bits per heavy atom. The quantitative estimate of drug-likeness (QED) is 0.606. The summed E-state index contributed by atoms with van der Waals surface area (Å²) in [7, 11) is 0. The summed E-state index contributed by atoms with van der Waals surface area (Å²) in [6.07, 6.45) is 5.55. The minimum absolute atomic E-state index is 0.00983. The van der Waals surface area contributed by atoms with Gasteiger partial charge in [-0.3, -0.25) is 4.79 Å². The summed E-state index contributed by atoms with van der Waals surface area (Å²) in [5, 5.41) is 2.93. The van der Waals surface area contributed by atoms with E-state index >= 15 is 0 Å². The topological polar surface area (TPSA) is 67.8 Å². The molecule has 2 atom stereocenters. The van der Waals surface area contributed by atoms with Crippen LogP contribution in [-0.2, 0) is 4.79 Å². The monoisotopic (exact) mass is 400 g/mol. The Balaban J connectivity index is 1.75. The number of carbonyl (C=O) groups excluding carboxylic acids is 1. The summed E-state index contributed by atoms with van der Waals surface area (Å²) in [5.41, 5.74) is 2.00. The highest BCUT2D eigenvalue weighted by Gasteiger charge is 2.60. The number of halogens is 1. The standard InChI is InChI=1S/C19H21BrN4O/c1-11(2)10-13-15(19(13,3)4)18(25)24-14-7-6-12(16(20)23-14)17-21-8-5-9-22-17/h5-10,13,15H,1-4H3,(H,23,24,25)/t13-,15+/m0/s1. The van der Waals surface area contributed by atoms with Crippen LogP contribution in [0.5, 0.6) is 0 Å². The maximum Gasteiger partial charge on any atom is 0.229 e. The maximum absolute atomic E-state index is 12.6. The molecule has 3 rings (SSSR count). The zero-order valence-corrected chi connectivity index (χ0v) is 16.3. The van der Waals surface area contributed by atoms with E-state index in [1.54, 1.807) is 24.5 Å². The number of anilines is 1. The molecule has 0 aromatic carbocycles. The van der Waals surface area contributed by atoms with Gasteiger partial charge in [0.2, 0.25) is 5.91 Å².